The predicted molar refractivity (Wildman–Crippen MR) is 79.0 cm³/mol. The fourth-order valence-corrected chi connectivity index (χ4v) is 2.32. The van der Waals surface area contributed by atoms with Gasteiger partial charge in [-0.2, -0.15) is 0 Å². The maximum absolute atomic E-state index is 11.9. The Morgan fingerprint density at radius 1 is 1.14 bits per heavy atom. The monoisotopic (exact) mass is 308 g/mol. The summed E-state index contributed by atoms with van der Waals surface area (Å²) in [4.78, 5) is 22.8. The number of ether oxygens (including phenoxy) is 1. The number of hydrogen-bond donors (Lipinski definition) is 4. The van der Waals surface area contributed by atoms with Gasteiger partial charge in [0.15, 0.2) is 0 Å². The lowest BCUT2D eigenvalue weighted by Crippen LogP contribution is -2.39. The molecule has 2 amide bonds. The first-order chi connectivity index (χ1) is 10.5. The summed E-state index contributed by atoms with van der Waals surface area (Å²) in [6.07, 6.45) is -3.92. The van der Waals surface area contributed by atoms with Gasteiger partial charge in [-0.05, 0) is 12.1 Å². The van der Waals surface area contributed by atoms with E-state index >= 15 is 0 Å². The number of carbonyl (C=O) groups is 2. The molecular formula is C15H20N2O5. The van der Waals surface area contributed by atoms with E-state index in [2.05, 4.69) is 10.6 Å². The third-order valence-corrected chi connectivity index (χ3v) is 3.46. The molecule has 22 heavy (non-hydrogen) atoms. The van der Waals surface area contributed by atoms with Crippen LogP contribution < -0.4 is 10.6 Å². The lowest BCUT2D eigenvalue weighted by atomic mass is 10.1. The summed E-state index contributed by atoms with van der Waals surface area (Å²) in [5.41, 5.74) is 0.648. The average Bonchev–Trinajstić information content (AvgIpc) is 2.74. The first-order valence-corrected chi connectivity index (χ1v) is 7.08. The summed E-state index contributed by atoms with van der Waals surface area (Å²) < 4.78 is 5.47. The molecule has 0 radical (unpaired) electrons. The van der Waals surface area contributed by atoms with Gasteiger partial charge >= 0.3 is 0 Å². The number of rotatable bonds is 5. The molecule has 4 atom stereocenters. The van der Waals surface area contributed by atoms with Gasteiger partial charge < -0.3 is 25.6 Å². The Kier molecular flexibility index (Phi) is 5.48. The van der Waals surface area contributed by atoms with Crippen molar-refractivity contribution in [1.29, 1.82) is 0 Å². The smallest absolute Gasteiger partial charge is 0.227 e. The van der Waals surface area contributed by atoms with Gasteiger partial charge in [0.2, 0.25) is 11.8 Å². The van der Waals surface area contributed by atoms with Crippen molar-refractivity contribution in [3.8, 4) is 0 Å². The summed E-state index contributed by atoms with van der Waals surface area (Å²) in [6, 6.07) is 8.92. The highest BCUT2D eigenvalue weighted by Gasteiger charge is 2.43. The molecule has 1 fully saturated rings. The molecule has 0 aromatic heterocycles. The van der Waals surface area contributed by atoms with Crippen LogP contribution in [0.5, 0.6) is 0 Å². The number of para-hydroxylation sites is 1. The fraction of sp³-hybridized carbons (Fsp3) is 0.467. The Hall–Kier alpha value is -1.96. The Labute approximate surface area is 128 Å². The quantitative estimate of drug-likeness (QED) is 0.594. The van der Waals surface area contributed by atoms with Crippen LogP contribution in [0.4, 0.5) is 5.69 Å². The van der Waals surface area contributed by atoms with Crippen molar-refractivity contribution >= 4 is 17.5 Å². The largest absolute Gasteiger partial charge is 0.388 e. The minimum Gasteiger partial charge on any atom is -0.388 e. The molecule has 1 saturated heterocycles. The molecule has 1 aromatic carbocycles. The minimum atomic E-state index is -1.17. The molecule has 2 rings (SSSR count). The van der Waals surface area contributed by atoms with Crippen LogP contribution in [0, 0.1) is 0 Å². The van der Waals surface area contributed by atoms with Crippen molar-refractivity contribution in [2.45, 2.75) is 37.8 Å². The number of benzene rings is 1. The second kappa shape index (κ2) is 7.35. The van der Waals surface area contributed by atoms with Gasteiger partial charge in [-0.15, -0.1) is 0 Å². The standard InChI is InChI=1S/C15H20N2O5/c1-9(18)16-8-12-15(21)14(20)11(22-12)7-13(19)17-10-5-3-2-4-6-10/h2-6,11-12,14-15,20-21H,7-8H2,1H3,(H,16,18)(H,17,19). The zero-order chi connectivity index (χ0) is 16.1. The zero-order valence-corrected chi connectivity index (χ0v) is 12.2. The van der Waals surface area contributed by atoms with Crippen LogP contribution in [0.2, 0.25) is 0 Å². The molecule has 1 aromatic rings. The fourth-order valence-electron chi connectivity index (χ4n) is 2.32. The van der Waals surface area contributed by atoms with Gasteiger partial charge in [0.1, 0.15) is 18.3 Å². The molecule has 7 heteroatoms. The van der Waals surface area contributed by atoms with E-state index < -0.39 is 24.4 Å². The summed E-state index contributed by atoms with van der Waals surface area (Å²) in [6.45, 7) is 1.44. The molecule has 0 saturated carbocycles. The van der Waals surface area contributed by atoms with E-state index in [4.69, 9.17) is 4.74 Å². The van der Waals surface area contributed by atoms with Crippen molar-refractivity contribution in [2.75, 3.05) is 11.9 Å². The highest BCUT2D eigenvalue weighted by Crippen LogP contribution is 2.23. The number of aliphatic hydroxyl groups excluding tert-OH is 2. The molecule has 4 unspecified atom stereocenters. The van der Waals surface area contributed by atoms with E-state index in [1.807, 2.05) is 6.07 Å². The second-order valence-corrected chi connectivity index (χ2v) is 5.25. The number of carbonyl (C=O) groups excluding carboxylic acids is 2. The maximum Gasteiger partial charge on any atom is 0.227 e. The molecule has 4 N–H and O–H groups in total. The van der Waals surface area contributed by atoms with Crippen molar-refractivity contribution in [3.05, 3.63) is 30.3 Å². The van der Waals surface area contributed by atoms with E-state index in [0.717, 1.165) is 0 Å². The molecule has 120 valence electrons. The SMILES string of the molecule is CC(=O)NCC1OC(CC(=O)Nc2ccccc2)C(O)C1O. The third-order valence-electron chi connectivity index (χ3n) is 3.46. The summed E-state index contributed by atoms with van der Waals surface area (Å²) >= 11 is 0. The highest BCUT2D eigenvalue weighted by atomic mass is 16.5. The highest BCUT2D eigenvalue weighted by molar-refractivity contribution is 5.91. The number of nitrogens with one attached hydrogen (secondary N) is 2. The molecule has 1 aliphatic rings. The molecule has 1 heterocycles. The Balaban J connectivity index is 1.87. The molecule has 0 bridgehead atoms. The van der Waals surface area contributed by atoms with Crippen LogP contribution in [0.3, 0.4) is 0 Å². The average molecular weight is 308 g/mol. The van der Waals surface area contributed by atoms with Gasteiger partial charge in [0, 0.05) is 19.2 Å². The van der Waals surface area contributed by atoms with Crippen LogP contribution in [0.1, 0.15) is 13.3 Å². The van der Waals surface area contributed by atoms with Crippen LogP contribution in [-0.2, 0) is 14.3 Å². The minimum absolute atomic E-state index is 0.0797. The third kappa shape index (κ3) is 4.27. The Morgan fingerprint density at radius 2 is 1.77 bits per heavy atom. The first kappa shape index (κ1) is 16.4. The van der Waals surface area contributed by atoms with Crippen molar-refractivity contribution < 1.29 is 24.5 Å². The Morgan fingerprint density at radius 3 is 2.41 bits per heavy atom. The summed E-state index contributed by atoms with van der Waals surface area (Å²) in [5.74, 6) is -0.571. The van der Waals surface area contributed by atoms with E-state index in [9.17, 15) is 19.8 Å². The van der Waals surface area contributed by atoms with Gasteiger partial charge in [-0.1, -0.05) is 18.2 Å². The van der Waals surface area contributed by atoms with Crippen LogP contribution >= 0.6 is 0 Å². The summed E-state index contributed by atoms with van der Waals surface area (Å²) in [7, 11) is 0. The van der Waals surface area contributed by atoms with Crippen LogP contribution in [0.15, 0.2) is 30.3 Å². The second-order valence-electron chi connectivity index (χ2n) is 5.25. The predicted octanol–water partition coefficient (Wildman–Crippen LogP) is -0.360. The number of anilines is 1. The maximum atomic E-state index is 11.9. The molecule has 1 aliphatic heterocycles. The topological polar surface area (TPSA) is 108 Å². The molecule has 7 nitrogen and oxygen atoms in total. The number of hydrogen-bond acceptors (Lipinski definition) is 5. The number of aliphatic hydroxyl groups is 2. The van der Waals surface area contributed by atoms with Gasteiger partial charge in [-0.3, -0.25) is 9.59 Å². The number of amides is 2. The van der Waals surface area contributed by atoms with E-state index in [-0.39, 0.29) is 24.8 Å². The van der Waals surface area contributed by atoms with Crippen LogP contribution in [-0.4, -0.2) is 53.0 Å². The van der Waals surface area contributed by atoms with Gasteiger partial charge in [0.25, 0.3) is 0 Å². The lowest BCUT2D eigenvalue weighted by Gasteiger charge is -2.14. The van der Waals surface area contributed by atoms with Crippen LogP contribution in [0.25, 0.3) is 0 Å². The van der Waals surface area contributed by atoms with Gasteiger partial charge in [-0.25, -0.2) is 0 Å². The molecule has 0 spiro atoms. The van der Waals surface area contributed by atoms with Crippen molar-refractivity contribution in [2.24, 2.45) is 0 Å². The van der Waals surface area contributed by atoms with E-state index in [1.54, 1.807) is 24.3 Å². The van der Waals surface area contributed by atoms with Crippen molar-refractivity contribution in [1.82, 2.24) is 5.32 Å². The van der Waals surface area contributed by atoms with Crippen molar-refractivity contribution in [3.63, 3.8) is 0 Å². The van der Waals surface area contributed by atoms with E-state index in [0.29, 0.717) is 5.69 Å². The normalized spacial score (nSPS) is 27.4. The summed E-state index contributed by atoms with van der Waals surface area (Å²) in [5, 5.41) is 25.0. The zero-order valence-electron chi connectivity index (χ0n) is 12.2. The molecule has 0 aliphatic carbocycles. The molecular weight excluding hydrogens is 288 g/mol. The lowest BCUT2D eigenvalue weighted by molar-refractivity contribution is -0.122. The van der Waals surface area contributed by atoms with E-state index in [1.165, 1.54) is 6.92 Å². The van der Waals surface area contributed by atoms with Gasteiger partial charge in [0.05, 0.1) is 12.5 Å². The first-order valence-electron chi connectivity index (χ1n) is 7.08. The Bertz CT molecular complexity index is 522.